The van der Waals surface area contributed by atoms with Crippen LogP contribution in [0.15, 0.2) is 16.8 Å². The lowest BCUT2D eigenvalue weighted by Crippen LogP contribution is -2.47. The normalized spacial score (nSPS) is 14.5. The predicted molar refractivity (Wildman–Crippen MR) is 134 cm³/mol. The fourth-order valence-corrected chi connectivity index (χ4v) is 3.72. The first-order valence-corrected chi connectivity index (χ1v) is 13.2. The Morgan fingerprint density at radius 3 is 2.45 bits per heavy atom. The zero-order valence-corrected chi connectivity index (χ0v) is 22.6. The van der Waals surface area contributed by atoms with E-state index in [1.54, 1.807) is 19.9 Å². The first-order valence-electron chi connectivity index (χ1n) is 13.2. The molecule has 0 saturated heterocycles. The molecule has 12 heteroatoms. The van der Waals surface area contributed by atoms with Gasteiger partial charge in [-0.1, -0.05) is 18.0 Å². The second kappa shape index (κ2) is 12.4. The minimum atomic E-state index is -4.74. The van der Waals surface area contributed by atoms with Crippen molar-refractivity contribution in [2.24, 2.45) is 0 Å². The molecule has 0 aliphatic heterocycles. The largest absolute Gasteiger partial charge is 0.433 e. The third kappa shape index (κ3) is 9.21. The van der Waals surface area contributed by atoms with Gasteiger partial charge in [0.1, 0.15) is 0 Å². The molecule has 0 radical (unpaired) electrons. The second-order valence-corrected chi connectivity index (χ2v) is 11.0. The Kier molecular flexibility index (Phi) is 9.72. The maximum absolute atomic E-state index is 13.4. The topological polar surface area (TPSA) is 114 Å². The molecule has 1 saturated carbocycles. The Labute approximate surface area is 221 Å². The number of amides is 1. The number of rotatable bonds is 14. The number of carbonyl (C=O) groups is 1. The summed E-state index contributed by atoms with van der Waals surface area (Å²) >= 11 is 0. The molecular weight excluding hydrogens is 503 g/mol. The van der Waals surface area contributed by atoms with Crippen molar-refractivity contribution in [2.75, 3.05) is 11.4 Å². The SMILES string of the molecule is CC(C)(O)CCCCc1ccnc(N(CCCCCc2nc(C3CC3)no2)C(=O)OC(C)(C)C(F)(F)F)n1. The summed E-state index contributed by atoms with van der Waals surface area (Å²) in [5.74, 6) is 1.72. The number of aliphatic hydroxyl groups is 1. The van der Waals surface area contributed by atoms with Crippen molar-refractivity contribution in [3.05, 3.63) is 29.7 Å². The lowest BCUT2D eigenvalue weighted by Gasteiger charge is -2.30. The van der Waals surface area contributed by atoms with E-state index in [9.17, 15) is 23.1 Å². The molecule has 2 aromatic rings. The van der Waals surface area contributed by atoms with Gasteiger partial charge in [0.15, 0.2) is 5.82 Å². The maximum atomic E-state index is 13.4. The van der Waals surface area contributed by atoms with E-state index in [4.69, 9.17) is 9.26 Å². The lowest BCUT2D eigenvalue weighted by molar-refractivity contribution is -0.243. The number of nitrogens with zero attached hydrogens (tertiary/aromatic N) is 5. The molecule has 9 nitrogen and oxygen atoms in total. The smallest absolute Gasteiger partial charge is 0.427 e. The molecule has 212 valence electrons. The number of hydrogen-bond acceptors (Lipinski definition) is 8. The van der Waals surface area contributed by atoms with Crippen LogP contribution in [0.1, 0.15) is 102 Å². The number of unbranched alkanes of at least 4 members (excludes halogenated alkanes) is 3. The number of anilines is 1. The van der Waals surface area contributed by atoms with E-state index in [-0.39, 0.29) is 12.5 Å². The number of carbonyl (C=O) groups excluding carboxylic acids is 1. The predicted octanol–water partition coefficient (Wildman–Crippen LogP) is 5.92. The number of alkyl halides is 3. The Balaban J connectivity index is 1.60. The molecule has 1 aliphatic carbocycles. The third-order valence-electron chi connectivity index (χ3n) is 6.36. The van der Waals surface area contributed by atoms with Crippen LogP contribution in [0, 0.1) is 0 Å². The van der Waals surface area contributed by atoms with Crippen molar-refractivity contribution in [2.45, 2.75) is 115 Å². The van der Waals surface area contributed by atoms with Crippen molar-refractivity contribution in [1.82, 2.24) is 20.1 Å². The van der Waals surface area contributed by atoms with Crippen LogP contribution in [0.5, 0.6) is 0 Å². The lowest BCUT2D eigenvalue weighted by atomic mass is 10.0. The molecule has 1 aliphatic rings. The molecule has 0 bridgehead atoms. The number of halogens is 3. The van der Waals surface area contributed by atoms with Crippen molar-refractivity contribution in [3.8, 4) is 0 Å². The van der Waals surface area contributed by atoms with Gasteiger partial charge in [0.25, 0.3) is 0 Å². The Bertz CT molecular complexity index is 1050. The van der Waals surface area contributed by atoms with Crippen molar-refractivity contribution in [3.63, 3.8) is 0 Å². The van der Waals surface area contributed by atoms with Gasteiger partial charge in [-0.25, -0.2) is 19.7 Å². The first kappa shape index (κ1) is 29.8. The van der Waals surface area contributed by atoms with Gasteiger partial charge in [-0.3, -0.25) is 0 Å². The first-order chi connectivity index (χ1) is 17.7. The zero-order valence-electron chi connectivity index (χ0n) is 22.6. The summed E-state index contributed by atoms with van der Waals surface area (Å²) < 4.78 is 50.3. The highest BCUT2D eigenvalue weighted by Gasteiger charge is 2.51. The highest BCUT2D eigenvalue weighted by atomic mass is 19.4. The molecule has 0 aromatic carbocycles. The van der Waals surface area contributed by atoms with Gasteiger partial charge in [0, 0.05) is 30.8 Å². The van der Waals surface area contributed by atoms with Gasteiger partial charge < -0.3 is 14.4 Å². The van der Waals surface area contributed by atoms with E-state index < -0.39 is 23.5 Å². The second-order valence-electron chi connectivity index (χ2n) is 11.0. The summed E-state index contributed by atoms with van der Waals surface area (Å²) in [6, 6.07) is 1.71. The molecule has 3 rings (SSSR count). The van der Waals surface area contributed by atoms with E-state index in [1.165, 1.54) is 6.20 Å². The monoisotopic (exact) mass is 541 g/mol. The van der Waals surface area contributed by atoms with Gasteiger partial charge in [-0.2, -0.15) is 18.2 Å². The van der Waals surface area contributed by atoms with Crippen LogP contribution in [0.25, 0.3) is 0 Å². The van der Waals surface area contributed by atoms with Gasteiger partial charge >= 0.3 is 12.3 Å². The molecule has 0 atom stereocenters. The van der Waals surface area contributed by atoms with E-state index in [1.807, 2.05) is 0 Å². The maximum Gasteiger partial charge on any atom is 0.427 e. The van der Waals surface area contributed by atoms with Crippen LogP contribution in [0.4, 0.5) is 23.9 Å². The molecule has 0 unspecified atom stereocenters. The summed E-state index contributed by atoms with van der Waals surface area (Å²) in [7, 11) is 0. The average Bonchev–Trinajstić information content (AvgIpc) is 3.55. The van der Waals surface area contributed by atoms with Gasteiger partial charge in [-0.05, 0) is 78.7 Å². The minimum absolute atomic E-state index is 0.000982. The zero-order chi connectivity index (χ0) is 28.0. The molecular formula is C26H38F3N5O4. The highest BCUT2D eigenvalue weighted by Crippen LogP contribution is 2.38. The summed E-state index contributed by atoms with van der Waals surface area (Å²) in [6.45, 7) is 5.20. The van der Waals surface area contributed by atoms with Crippen molar-refractivity contribution < 1.29 is 32.3 Å². The van der Waals surface area contributed by atoms with Crippen LogP contribution in [-0.2, 0) is 17.6 Å². The Morgan fingerprint density at radius 1 is 1.08 bits per heavy atom. The Hall–Kier alpha value is -2.76. The summed E-state index contributed by atoms with van der Waals surface area (Å²) in [4.78, 5) is 26.9. The fraction of sp³-hybridized carbons (Fsp3) is 0.731. The summed E-state index contributed by atoms with van der Waals surface area (Å²) in [5.41, 5.74) is -2.78. The molecule has 1 N–H and O–H groups in total. The van der Waals surface area contributed by atoms with Crippen LogP contribution in [0.2, 0.25) is 0 Å². The minimum Gasteiger partial charge on any atom is -0.433 e. The van der Waals surface area contributed by atoms with Crippen LogP contribution < -0.4 is 4.90 Å². The molecule has 2 heterocycles. The number of aromatic nitrogens is 4. The number of aryl methyl sites for hydroxylation is 2. The van der Waals surface area contributed by atoms with Crippen molar-refractivity contribution in [1.29, 1.82) is 0 Å². The van der Waals surface area contributed by atoms with Gasteiger partial charge in [0.05, 0.1) is 5.60 Å². The molecule has 0 spiro atoms. The number of ether oxygens (including phenoxy) is 1. The fourth-order valence-electron chi connectivity index (χ4n) is 3.72. The molecule has 38 heavy (non-hydrogen) atoms. The summed E-state index contributed by atoms with van der Waals surface area (Å²) in [6.07, 6.45) is 2.95. The molecule has 1 amide bonds. The molecule has 1 fully saturated rings. The highest BCUT2D eigenvalue weighted by molar-refractivity contribution is 5.85. The van der Waals surface area contributed by atoms with E-state index in [2.05, 4.69) is 20.1 Å². The average molecular weight is 542 g/mol. The van der Waals surface area contributed by atoms with E-state index in [0.29, 0.717) is 56.0 Å². The van der Waals surface area contributed by atoms with Gasteiger partial charge in [0.2, 0.25) is 17.4 Å². The Morgan fingerprint density at radius 2 is 1.79 bits per heavy atom. The third-order valence-corrected chi connectivity index (χ3v) is 6.36. The van der Waals surface area contributed by atoms with Gasteiger partial charge in [-0.15, -0.1) is 0 Å². The quantitative estimate of drug-likeness (QED) is 0.293. The molecule has 2 aromatic heterocycles. The van der Waals surface area contributed by atoms with Crippen LogP contribution in [-0.4, -0.2) is 55.2 Å². The standard InChI is InChI=1S/C26H38F3N5O4/c1-24(2,36)15-8-7-10-19-14-16-30-22(31-19)34(23(35)37-25(3,4)26(27,28)29)17-9-5-6-11-20-32-21(33-38-20)18-12-13-18/h14,16,18,36H,5-13,15,17H2,1-4H3. The van der Waals surface area contributed by atoms with Crippen molar-refractivity contribution >= 4 is 12.0 Å². The summed E-state index contributed by atoms with van der Waals surface area (Å²) in [5, 5.41) is 13.9. The van der Waals surface area contributed by atoms with Crippen LogP contribution in [0.3, 0.4) is 0 Å². The van der Waals surface area contributed by atoms with Crippen LogP contribution >= 0.6 is 0 Å². The van der Waals surface area contributed by atoms with E-state index >= 15 is 0 Å². The van der Waals surface area contributed by atoms with E-state index in [0.717, 1.165) is 50.3 Å². The number of hydrogen-bond donors (Lipinski definition) is 1.